The Labute approximate surface area is 257 Å². The number of alkyl carbamates (subject to hydrolysis) is 2. The molecular formula is C28H44N8O6S. The van der Waals surface area contributed by atoms with Crippen LogP contribution in [0.2, 0.25) is 0 Å². The Hall–Kier alpha value is -4.27. The molecule has 0 saturated carbocycles. The summed E-state index contributed by atoms with van der Waals surface area (Å²) in [6.45, 7) is 19.4. The van der Waals surface area contributed by atoms with Crippen LogP contribution in [-0.2, 0) is 20.6 Å². The summed E-state index contributed by atoms with van der Waals surface area (Å²) in [5, 5.41) is 5.53. The van der Waals surface area contributed by atoms with E-state index in [1.54, 1.807) is 78.5 Å². The van der Waals surface area contributed by atoms with Gasteiger partial charge < -0.3 is 19.9 Å². The van der Waals surface area contributed by atoms with Crippen molar-refractivity contribution >= 4 is 41.8 Å². The summed E-state index contributed by atoms with van der Waals surface area (Å²) in [7, 11) is 0. The molecule has 43 heavy (non-hydrogen) atoms. The molecule has 3 amide bonds. The number of thioether (sulfide) groups is 1. The van der Waals surface area contributed by atoms with Crippen LogP contribution in [0.15, 0.2) is 53.5 Å². The highest BCUT2D eigenvalue weighted by atomic mass is 32.2. The smallest absolute Gasteiger partial charge is 0.435 e. The molecule has 2 aromatic heterocycles. The number of hydrogen-bond donors (Lipinski definition) is 3. The molecule has 0 aliphatic rings. The van der Waals surface area contributed by atoms with E-state index >= 15 is 0 Å². The lowest BCUT2D eigenvalue weighted by atomic mass is 10.2. The number of hydrogen-bond acceptors (Lipinski definition) is 12. The van der Waals surface area contributed by atoms with Crippen LogP contribution in [0.25, 0.3) is 0 Å². The standard InChI is InChI=1S/C16H24N4O4.C8H15NO2S.C4H5N3/c1-15(2,3)23-13(21)19-12(10-11-17-8-7-9-18-11)20-14(22)24-16(4,5)6;1-6(12-5)9-7(10)11-8(2,3)4;5-4-6-2-1-3-7-4/h7-9H,10H2,1-6H3,(H,19,20,21,22);1H2,2-5H3,(H,9,10);1-3H,(H2,5,6,7). The predicted octanol–water partition coefficient (Wildman–Crippen LogP) is 5.28. The summed E-state index contributed by atoms with van der Waals surface area (Å²) in [6, 6.07) is 3.38. The normalized spacial score (nSPS) is 11.3. The fraction of sp³-hybridized carbons (Fsp3) is 0.500. The summed E-state index contributed by atoms with van der Waals surface area (Å²) in [5.74, 6) is 0.767. The topological polar surface area (TPSA) is 193 Å². The van der Waals surface area contributed by atoms with E-state index in [1.165, 1.54) is 11.8 Å². The summed E-state index contributed by atoms with van der Waals surface area (Å²) >= 11 is 1.37. The lowest BCUT2D eigenvalue weighted by molar-refractivity contribution is 0.0540. The van der Waals surface area contributed by atoms with Gasteiger partial charge in [0.05, 0.1) is 11.4 Å². The summed E-state index contributed by atoms with van der Waals surface area (Å²) in [6.07, 6.45) is 6.21. The zero-order chi connectivity index (χ0) is 33.3. The van der Waals surface area contributed by atoms with E-state index in [2.05, 4.69) is 42.1 Å². The maximum Gasteiger partial charge on any atom is 0.435 e. The number of amides is 3. The number of ether oxygens (including phenoxy) is 3. The Morgan fingerprint density at radius 1 is 0.791 bits per heavy atom. The number of nitrogens with one attached hydrogen (secondary N) is 2. The van der Waals surface area contributed by atoms with Gasteiger partial charge in [-0.1, -0.05) is 6.58 Å². The van der Waals surface area contributed by atoms with Crippen LogP contribution in [0.3, 0.4) is 0 Å². The van der Waals surface area contributed by atoms with Crippen LogP contribution in [0.5, 0.6) is 0 Å². The average molecular weight is 621 g/mol. The second-order valence-electron chi connectivity index (χ2n) is 11.4. The molecule has 0 unspecified atom stereocenters. The van der Waals surface area contributed by atoms with Gasteiger partial charge in [0.15, 0.2) is 0 Å². The SMILES string of the molecule is C=C(NC(=O)OC(C)(C)C)SC.CC(C)(C)OC(=O)N=C(Cc1ncccn1)NC(=O)OC(C)(C)C.Nc1ncccn1. The molecule has 2 aromatic rings. The molecule has 15 heteroatoms. The fourth-order valence-electron chi connectivity index (χ4n) is 2.28. The molecule has 4 N–H and O–H groups in total. The number of carbonyl (C=O) groups is 3. The Morgan fingerprint density at radius 2 is 1.21 bits per heavy atom. The first-order chi connectivity index (χ1) is 19.7. The Balaban J connectivity index is 0.000000761. The first-order valence-electron chi connectivity index (χ1n) is 13.0. The highest BCUT2D eigenvalue weighted by Gasteiger charge is 2.21. The van der Waals surface area contributed by atoms with Crippen LogP contribution >= 0.6 is 11.8 Å². The molecule has 0 spiro atoms. The molecule has 2 rings (SSSR count). The number of carbonyl (C=O) groups excluding carboxylic acids is 3. The minimum absolute atomic E-state index is 0.0460. The van der Waals surface area contributed by atoms with Gasteiger partial charge in [-0.3, -0.25) is 10.6 Å². The number of nitrogens with two attached hydrogens (primary N) is 1. The van der Waals surface area contributed by atoms with Gasteiger partial charge in [-0.25, -0.2) is 34.3 Å². The van der Waals surface area contributed by atoms with Crippen molar-refractivity contribution in [1.82, 2.24) is 30.6 Å². The Bertz CT molecular complexity index is 1190. The number of nitrogen functional groups attached to an aromatic ring is 1. The minimum Gasteiger partial charge on any atom is -0.444 e. The molecule has 0 aliphatic heterocycles. The largest absolute Gasteiger partial charge is 0.444 e. The zero-order valence-corrected chi connectivity index (χ0v) is 27.4. The molecule has 238 valence electrons. The predicted molar refractivity (Wildman–Crippen MR) is 167 cm³/mol. The van der Waals surface area contributed by atoms with Crippen molar-refractivity contribution in [3.63, 3.8) is 0 Å². The van der Waals surface area contributed by atoms with E-state index in [0.29, 0.717) is 16.8 Å². The fourth-order valence-corrected chi connectivity index (χ4v) is 2.46. The van der Waals surface area contributed by atoms with Crippen molar-refractivity contribution in [2.75, 3.05) is 12.0 Å². The highest BCUT2D eigenvalue weighted by molar-refractivity contribution is 8.02. The van der Waals surface area contributed by atoms with E-state index in [9.17, 15) is 14.4 Å². The molecule has 0 bridgehead atoms. The van der Waals surface area contributed by atoms with Gasteiger partial charge in [-0.2, -0.15) is 4.99 Å². The summed E-state index contributed by atoms with van der Waals surface area (Å²) in [5.41, 5.74) is 3.31. The highest BCUT2D eigenvalue weighted by Crippen LogP contribution is 2.10. The van der Waals surface area contributed by atoms with E-state index < -0.39 is 35.1 Å². The molecule has 0 aliphatic carbocycles. The van der Waals surface area contributed by atoms with E-state index in [0.717, 1.165) is 0 Å². The van der Waals surface area contributed by atoms with E-state index in [4.69, 9.17) is 19.9 Å². The number of nitrogens with zero attached hydrogens (tertiary/aromatic N) is 5. The van der Waals surface area contributed by atoms with Crippen LogP contribution < -0.4 is 16.4 Å². The first-order valence-corrected chi connectivity index (χ1v) is 14.2. The maximum atomic E-state index is 11.9. The third-order valence-electron chi connectivity index (χ3n) is 3.68. The Morgan fingerprint density at radius 3 is 1.58 bits per heavy atom. The second kappa shape index (κ2) is 18.3. The summed E-state index contributed by atoms with van der Waals surface area (Å²) < 4.78 is 15.3. The maximum absolute atomic E-state index is 11.9. The molecule has 0 aromatic carbocycles. The third-order valence-corrected chi connectivity index (χ3v) is 4.28. The first kappa shape index (κ1) is 38.7. The van der Waals surface area contributed by atoms with Gasteiger partial charge in [0.2, 0.25) is 5.95 Å². The van der Waals surface area contributed by atoms with Crippen molar-refractivity contribution in [2.45, 2.75) is 85.5 Å². The van der Waals surface area contributed by atoms with Crippen molar-refractivity contribution in [1.29, 1.82) is 0 Å². The molecule has 2 heterocycles. The van der Waals surface area contributed by atoms with Crippen LogP contribution in [0, 0.1) is 0 Å². The van der Waals surface area contributed by atoms with E-state index in [-0.39, 0.29) is 12.3 Å². The molecule has 0 saturated heterocycles. The van der Waals surface area contributed by atoms with Crippen molar-refractivity contribution < 1.29 is 28.6 Å². The van der Waals surface area contributed by atoms with Gasteiger partial charge in [-0.05, 0) is 80.7 Å². The van der Waals surface area contributed by atoms with Crippen molar-refractivity contribution in [3.05, 3.63) is 54.4 Å². The van der Waals surface area contributed by atoms with Gasteiger partial charge >= 0.3 is 18.3 Å². The molecular weight excluding hydrogens is 576 g/mol. The molecule has 0 fully saturated rings. The molecule has 0 radical (unpaired) electrons. The minimum atomic E-state index is -0.815. The van der Waals surface area contributed by atoms with Crippen LogP contribution in [-0.4, -0.2) is 67.1 Å². The number of anilines is 1. The number of amidine groups is 1. The van der Waals surface area contributed by atoms with Gasteiger partial charge in [0.25, 0.3) is 0 Å². The van der Waals surface area contributed by atoms with Crippen LogP contribution in [0.4, 0.5) is 20.3 Å². The third kappa shape index (κ3) is 24.1. The van der Waals surface area contributed by atoms with E-state index in [1.807, 2.05) is 27.0 Å². The molecule has 14 nitrogen and oxygen atoms in total. The van der Waals surface area contributed by atoms with Crippen LogP contribution in [0.1, 0.15) is 68.1 Å². The lowest BCUT2D eigenvalue weighted by Crippen LogP contribution is -2.38. The molecule has 0 atom stereocenters. The van der Waals surface area contributed by atoms with Gasteiger partial charge in [0.1, 0.15) is 28.5 Å². The number of aromatic nitrogens is 4. The zero-order valence-electron chi connectivity index (χ0n) is 26.5. The number of rotatable bonds is 4. The Kier molecular flexibility index (Phi) is 16.5. The average Bonchev–Trinajstić information content (AvgIpc) is 2.82. The summed E-state index contributed by atoms with van der Waals surface area (Å²) in [4.78, 5) is 54.0. The lowest BCUT2D eigenvalue weighted by Gasteiger charge is -2.20. The van der Waals surface area contributed by atoms with Crippen molar-refractivity contribution in [2.24, 2.45) is 4.99 Å². The second-order valence-corrected chi connectivity index (χ2v) is 12.3. The van der Waals surface area contributed by atoms with Gasteiger partial charge in [-0.15, -0.1) is 11.8 Å². The van der Waals surface area contributed by atoms with Gasteiger partial charge in [0, 0.05) is 24.8 Å². The monoisotopic (exact) mass is 620 g/mol. The van der Waals surface area contributed by atoms with Crippen molar-refractivity contribution in [3.8, 4) is 0 Å². The quantitative estimate of drug-likeness (QED) is 0.228. The number of aliphatic imine (C=N–C) groups is 1.